The van der Waals surface area contributed by atoms with Crippen LogP contribution in [0.2, 0.25) is 5.02 Å². The third kappa shape index (κ3) is 7.92. The first-order valence-corrected chi connectivity index (χ1v) is 9.92. The predicted molar refractivity (Wildman–Crippen MR) is 111 cm³/mol. The fraction of sp³-hybridized carbons (Fsp3) is 0.409. The topological polar surface area (TPSA) is 47.6 Å². The number of nitrogens with one attached hydrogen (secondary N) is 1. The summed E-state index contributed by atoms with van der Waals surface area (Å²) in [5, 5.41) is 3.47. The fourth-order valence-corrected chi connectivity index (χ4v) is 2.67. The average Bonchev–Trinajstić information content (AvgIpc) is 2.67. The summed E-state index contributed by atoms with van der Waals surface area (Å²) < 4.78 is 11.4. The minimum atomic E-state index is -0.620. The highest BCUT2D eigenvalue weighted by atomic mass is 35.5. The summed E-state index contributed by atoms with van der Waals surface area (Å²) >= 11 is 5.85. The van der Waals surface area contributed by atoms with Gasteiger partial charge in [0.25, 0.3) is 5.91 Å². The zero-order chi connectivity index (χ0) is 19.5. The molecule has 5 heteroatoms. The predicted octanol–water partition coefficient (Wildman–Crippen LogP) is 6.10. The van der Waals surface area contributed by atoms with Crippen LogP contribution in [0, 0.1) is 0 Å². The Morgan fingerprint density at radius 1 is 0.963 bits per heavy atom. The van der Waals surface area contributed by atoms with Crippen molar-refractivity contribution in [2.75, 3.05) is 11.9 Å². The largest absolute Gasteiger partial charge is 0.494 e. The Labute approximate surface area is 166 Å². The number of anilines is 1. The lowest BCUT2D eigenvalue weighted by Crippen LogP contribution is -2.30. The summed E-state index contributed by atoms with van der Waals surface area (Å²) in [4.78, 5) is 12.3. The summed E-state index contributed by atoms with van der Waals surface area (Å²) in [6, 6.07) is 14.3. The summed E-state index contributed by atoms with van der Waals surface area (Å²) in [6.07, 6.45) is 5.45. The molecule has 0 aromatic heterocycles. The van der Waals surface area contributed by atoms with E-state index in [2.05, 4.69) is 12.2 Å². The molecule has 1 N–H and O–H groups in total. The van der Waals surface area contributed by atoms with Gasteiger partial charge >= 0.3 is 0 Å². The van der Waals surface area contributed by atoms with Gasteiger partial charge in [-0.1, -0.05) is 44.2 Å². The first kappa shape index (κ1) is 21.1. The maximum absolute atomic E-state index is 12.3. The number of ether oxygens (including phenoxy) is 2. The molecule has 27 heavy (non-hydrogen) atoms. The average molecular weight is 390 g/mol. The van der Waals surface area contributed by atoms with Crippen LogP contribution in [0.15, 0.2) is 48.5 Å². The first-order chi connectivity index (χ1) is 13.1. The molecule has 4 nitrogen and oxygen atoms in total. The number of hydrogen-bond donors (Lipinski definition) is 1. The van der Waals surface area contributed by atoms with Crippen molar-refractivity contribution in [3.63, 3.8) is 0 Å². The number of hydrogen-bond acceptors (Lipinski definition) is 3. The van der Waals surface area contributed by atoms with E-state index in [1.807, 2.05) is 24.3 Å². The number of unbranched alkanes of at least 4 members (excludes halogenated alkanes) is 4. The smallest absolute Gasteiger partial charge is 0.265 e. The highest BCUT2D eigenvalue weighted by molar-refractivity contribution is 6.30. The van der Waals surface area contributed by atoms with E-state index in [-0.39, 0.29) is 5.91 Å². The number of carbonyl (C=O) groups excluding carboxylic acids is 1. The van der Waals surface area contributed by atoms with Crippen molar-refractivity contribution in [3.8, 4) is 11.5 Å². The SMILES string of the molecule is CCCCCCCOc1ccc(NC(=O)C(C)Oc2ccc(Cl)cc2)cc1. The number of carbonyl (C=O) groups is 1. The molecule has 0 bridgehead atoms. The Morgan fingerprint density at radius 2 is 1.59 bits per heavy atom. The lowest BCUT2D eigenvalue weighted by molar-refractivity contribution is -0.122. The van der Waals surface area contributed by atoms with Gasteiger partial charge in [-0.2, -0.15) is 0 Å². The maximum Gasteiger partial charge on any atom is 0.265 e. The van der Waals surface area contributed by atoms with E-state index in [4.69, 9.17) is 21.1 Å². The number of halogens is 1. The highest BCUT2D eigenvalue weighted by Crippen LogP contribution is 2.19. The van der Waals surface area contributed by atoms with Crippen LogP contribution < -0.4 is 14.8 Å². The molecule has 2 aromatic carbocycles. The molecule has 0 radical (unpaired) electrons. The molecule has 0 spiro atoms. The second-order valence-corrected chi connectivity index (χ2v) is 6.93. The van der Waals surface area contributed by atoms with Crippen LogP contribution >= 0.6 is 11.6 Å². The molecule has 1 amide bonds. The van der Waals surface area contributed by atoms with Crippen LogP contribution in [-0.2, 0) is 4.79 Å². The second kappa shape index (κ2) is 11.5. The van der Waals surface area contributed by atoms with Gasteiger partial charge in [0.1, 0.15) is 11.5 Å². The summed E-state index contributed by atoms with van der Waals surface area (Å²) in [5.41, 5.74) is 0.710. The van der Waals surface area contributed by atoms with Gasteiger partial charge < -0.3 is 14.8 Å². The Balaban J connectivity index is 1.74. The van der Waals surface area contributed by atoms with E-state index in [0.29, 0.717) is 16.5 Å². The Hall–Kier alpha value is -2.20. The van der Waals surface area contributed by atoms with Gasteiger partial charge in [-0.15, -0.1) is 0 Å². The zero-order valence-electron chi connectivity index (χ0n) is 16.0. The lowest BCUT2D eigenvalue weighted by atomic mass is 10.2. The molecule has 2 aromatic rings. The van der Waals surface area contributed by atoms with E-state index in [1.165, 1.54) is 25.7 Å². The van der Waals surface area contributed by atoms with Gasteiger partial charge in [-0.05, 0) is 61.9 Å². The van der Waals surface area contributed by atoms with E-state index in [9.17, 15) is 4.79 Å². The Kier molecular flexibility index (Phi) is 8.99. The van der Waals surface area contributed by atoms with Crippen molar-refractivity contribution in [2.24, 2.45) is 0 Å². The van der Waals surface area contributed by atoms with Crippen molar-refractivity contribution in [1.82, 2.24) is 0 Å². The molecule has 0 aliphatic heterocycles. The van der Waals surface area contributed by atoms with Gasteiger partial charge in [-0.3, -0.25) is 4.79 Å². The molecular weight excluding hydrogens is 362 g/mol. The summed E-state index contributed by atoms with van der Waals surface area (Å²) in [5.74, 6) is 1.20. The molecular formula is C22H28ClNO3. The molecule has 0 fully saturated rings. The zero-order valence-corrected chi connectivity index (χ0v) is 16.8. The van der Waals surface area contributed by atoms with Gasteiger partial charge in [0.15, 0.2) is 6.10 Å². The Morgan fingerprint density at radius 3 is 2.26 bits per heavy atom. The number of rotatable bonds is 11. The van der Waals surface area contributed by atoms with Crippen LogP contribution in [0.5, 0.6) is 11.5 Å². The molecule has 0 aliphatic rings. The Bertz CT molecular complexity index is 686. The van der Waals surface area contributed by atoms with E-state index < -0.39 is 6.10 Å². The molecule has 146 valence electrons. The lowest BCUT2D eigenvalue weighted by Gasteiger charge is -2.15. The van der Waals surface area contributed by atoms with Crippen LogP contribution in [0.1, 0.15) is 46.0 Å². The monoisotopic (exact) mass is 389 g/mol. The summed E-state index contributed by atoms with van der Waals surface area (Å²) in [6.45, 7) is 4.64. The minimum Gasteiger partial charge on any atom is -0.494 e. The van der Waals surface area contributed by atoms with E-state index in [0.717, 1.165) is 18.8 Å². The van der Waals surface area contributed by atoms with Gasteiger partial charge in [0, 0.05) is 10.7 Å². The third-order valence-corrected chi connectivity index (χ3v) is 4.39. The summed E-state index contributed by atoms with van der Waals surface area (Å²) in [7, 11) is 0. The second-order valence-electron chi connectivity index (χ2n) is 6.49. The molecule has 0 heterocycles. The highest BCUT2D eigenvalue weighted by Gasteiger charge is 2.15. The quantitative estimate of drug-likeness (QED) is 0.472. The molecule has 0 aliphatic carbocycles. The normalized spacial score (nSPS) is 11.7. The van der Waals surface area contributed by atoms with Gasteiger partial charge in [0.2, 0.25) is 0 Å². The van der Waals surface area contributed by atoms with Crippen molar-refractivity contribution in [1.29, 1.82) is 0 Å². The molecule has 2 rings (SSSR count). The third-order valence-electron chi connectivity index (χ3n) is 4.13. The van der Waals surface area contributed by atoms with Gasteiger partial charge in [-0.25, -0.2) is 0 Å². The van der Waals surface area contributed by atoms with Crippen molar-refractivity contribution >= 4 is 23.2 Å². The van der Waals surface area contributed by atoms with Crippen molar-refractivity contribution in [3.05, 3.63) is 53.6 Å². The van der Waals surface area contributed by atoms with Crippen LogP contribution in [0.4, 0.5) is 5.69 Å². The van der Waals surface area contributed by atoms with Crippen molar-refractivity contribution < 1.29 is 14.3 Å². The number of benzene rings is 2. The van der Waals surface area contributed by atoms with Crippen molar-refractivity contribution in [2.45, 2.75) is 52.1 Å². The minimum absolute atomic E-state index is 0.213. The fourth-order valence-electron chi connectivity index (χ4n) is 2.54. The molecule has 1 atom stereocenters. The standard InChI is InChI=1S/C22H28ClNO3/c1-3-4-5-6-7-16-26-20-14-10-19(11-15-20)24-22(25)17(2)27-21-12-8-18(23)9-13-21/h8-15,17H,3-7,16H2,1-2H3,(H,24,25). The maximum atomic E-state index is 12.3. The van der Waals surface area contributed by atoms with Crippen LogP contribution in [0.25, 0.3) is 0 Å². The van der Waals surface area contributed by atoms with Crippen LogP contribution in [0.3, 0.4) is 0 Å². The van der Waals surface area contributed by atoms with Crippen LogP contribution in [-0.4, -0.2) is 18.6 Å². The molecule has 0 saturated carbocycles. The molecule has 0 saturated heterocycles. The number of amides is 1. The first-order valence-electron chi connectivity index (χ1n) is 9.54. The molecule has 1 unspecified atom stereocenters. The van der Waals surface area contributed by atoms with Gasteiger partial charge in [0.05, 0.1) is 6.61 Å². The van der Waals surface area contributed by atoms with E-state index >= 15 is 0 Å². The van der Waals surface area contributed by atoms with E-state index in [1.54, 1.807) is 31.2 Å².